The van der Waals surface area contributed by atoms with Gasteiger partial charge in [-0.15, -0.1) is 0 Å². The van der Waals surface area contributed by atoms with Crippen LogP contribution in [-0.2, 0) is 28.7 Å². The fourth-order valence-electron chi connectivity index (χ4n) is 5.41. The van der Waals surface area contributed by atoms with E-state index < -0.39 is 48.2 Å². The number of nitrogens with two attached hydrogens (primary N) is 1. The van der Waals surface area contributed by atoms with Gasteiger partial charge in [-0.3, -0.25) is 24.1 Å². The van der Waals surface area contributed by atoms with E-state index in [0.717, 1.165) is 0 Å². The van der Waals surface area contributed by atoms with Crippen LogP contribution in [0.4, 0.5) is 0 Å². The van der Waals surface area contributed by atoms with Gasteiger partial charge in [0.05, 0.1) is 24.0 Å². The summed E-state index contributed by atoms with van der Waals surface area (Å²) in [4.78, 5) is 52.1. The molecule has 3 rings (SSSR count). The van der Waals surface area contributed by atoms with Gasteiger partial charge in [0.2, 0.25) is 17.7 Å². The molecule has 11 heteroatoms. The molecule has 2 saturated heterocycles. The molecule has 0 bridgehead atoms. The number of allylic oxidation sites excluding steroid dienone is 1. The molecule has 0 saturated carbocycles. The molecule has 2 fully saturated rings. The van der Waals surface area contributed by atoms with Crippen molar-refractivity contribution >= 4 is 23.6 Å². The maximum absolute atomic E-state index is 13.2. The monoisotopic (exact) mass is 494 g/mol. The Morgan fingerprint density at radius 3 is 2.54 bits per heavy atom. The van der Waals surface area contributed by atoms with Crippen LogP contribution in [0.3, 0.4) is 0 Å². The second-order valence-corrected chi connectivity index (χ2v) is 9.58. The number of carbonyl (C=O) groups is 4. The Morgan fingerprint density at radius 2 is 1.91 bits per heavy atom. The molecule has 0 radical (unpaired) electrons. The van der Waals surface area contributed by atoms with Gasteiger partial charge in [-0.05, 0) is 18.8 Å². The average Bonchev–Trinajstić information content (AvgIpc) is 3.10. The van der Waals surface area contributed by atoms with Gasteiger partial charge >= 0.3 is 0 Å². The quantitative estimate of drug-likeness (QED) is 0.233. The summed E-state index contributed by atoms with van der Waals surface area (Å²) >= 11 is 0. The molecule has 2 heterocycles. The third-order valence-corrected chi connectivity index (χ3v) is 7.47. The van der Waals surface area contributed by atoms with E-state index >= 15 is 0 Å². The Balaban J connectivity index is 1.67. The van der Waals surface area contributed by atoms with E-state index in [2.05, 4.69) is 10.6 Å². The first-order valence-corrected chi connectivity index (χ1v) is 12.3. The normalized spacial score (nSPS) is 36.7. The van der Waals surface area contributed by atoms with Crippen molar-refractivity contribution in [3.05, 3.63) is 12.2 Å². The number of amides is 4. The van der Waals surface area contributed by atoms with Crippen LogP contribution >= 0.6 is 0 Å². The Labute approximate surface area is 205 Å². The van der Waals surface area contributed by atoms with Crippen LogP contribution in [0.2, 0.25) is 0 Å². The van der Waals surface area contributed by atoms with Gasteiger partial charge in [-0.1, -0.05) is 26.0 Å². The first kappa shape index (κ1) is 27.3. The summed E-state index contributed by atoms with van der Waals surface area (Å²) in [6.45, 7) is 4.07. The third kappa shape index (κ3) is 5.42. The number of likely N-dealkylation sites (tertiary alicyclic amines) is 1. The van der Waals surface area contributed by atoms with Crippen molar-refractivity contribution in [1.82, 2.24) is 15.5 Å². The predicted molar refractivity (Wildman–Crippen MR) is 126 cm³/mol. The molecule has 0 aromatic heterocycles. The van der Waals surface area contributed by atoms with Gasteiger partial charge in [-0.2, -0.15) is 0 Å². The SMILES string of the molecule is CC[C@@H]1OC(C(=O)NCC2C=CC(C)C3C(=O)N(CCCC(=O)NC)C(=O)C23)C(OC)[C@H](O)C1N. The average molecular weight is 495 g/mol. The molecular weight excluding hydrogens is 456 g/mol. The number of nitrogens with zero attached hydrogens (tertiary/aromatic N) is 1. The molecule has 4 amide bonds. The summed E-state index contributed by atoms with van der Waals surface area (Å²) in [7, 11) is 2.92. The largest absolute Gasteiger partial charge is 0.389 e. The van der Waals surface area contributed by atoms with Crippen LogP contribution in [0.1, 0.15) is 33.1 Å². The summed E-state index contributed by atoms with van der Waals surface area (Å²) in [5.41, 5.74) is 6.03. The Bertz CT molecular complexity index is 850. The molecule has 0 aromatic carbocycles. The number of carbonyl (C=O) groups excluding carboxylic acids is 4. The first-order chi connectivity index (χ1) is 16.7. The van der Waals surface area contributed by atoms with Gasteiger partial charge in [0.25, 0.3) is 5.91 Å². The highest BCUT2D eigenvalue weighted by atomic mass is 16.6. The lowest BCUT2D eigenvalue weighted by Gasteiger charge is -2.42. The van der Waals surface area contributed by atoms with Crippen molar-refractivity contribution in [1.29, 1.82) is 0 Å². The third-order valence-electron chi connectivity index (χ3n) is 7.47. The molecule has 35 heavy (non-hydrogen) atoms. The Hall–Kier alpha value is -2.34. The van der Waals surface area contributed by atoms with Crippen LogP contribution in [0.15, 0.2) is 12.2 Å². The molecule has 11 nitrogen and oxygen atoms in total. The van der Waals surface area contributed by atoms with E-state index in [0.29, 0.717) is 12.8 Å². The zero-order valence-electron chi connectivity index (χ0n) is 20.8. The van der Waals surface area contributed by atoms with Gasteiger partial charge in [0.1, 0.15) is 12.2 Å². The molecule has 3 aliphatic rings. The summed E-state index contributed by atoms with van der Waals surface area (Å²) in [6, 6.07) is -0.672. The summed E-state index contributed by atoms with van der Waals surface area (Å²) in [6.07, 6.45) is 1.39. The second kappa shape index (κ2) is 11.6. The van der Waals surface area contributed by atoms with Gasteiger partial charge < -0.3 is 30.9 Å². The molecular formula is C24H38N4O7. The van der Waals surface area contributed by atoms with E-state index in [-0.39, 0.29) is 49.1 Å². The lowest BCUT2D eigenvalue weighted by Crippen LogP contribution is -2.64. The number of rotatable bonds is 9. The van der Waals surface area contributed by atoms with E-state index in [1.807, 2.05) is 26.0 Å². The summed E-state index contributed by atoms with van der Waals surface area (Å²) in [5.74, 6) is -2.71. The van der Waals surface area contributed by atoms with Crippen molar-refractivity contribution in [3.63, 3.8) is 0 Å². The highest BCUT2D eigenvalue weighted by Crippen LogP contribution is 2.41. The summed E-state index contributed by atoms with van der Waals surface area (Å²) < 4.78 is 11.2. The maximum Gasteiger partial charge on any atom is 0.252 e. The maximum atomic E-state index is 13.2. The van der Waals surface area contributed by atoms with Crippen molar-refractivity contribution in [2.24, 2.45) is 29.4 Å². The number of nitrogens with one attached hydrogen (secondary N) is 2. The van der Waals surface area contributed by atoms with Crippen LogP contribution in [-0.4, -0.2) is 91.3 Å². The van der Waals surface area contributed by atoms with Crippen molar-refractivity contribution in [2.45, 2.75) is 63.6 Å². The second-order valence-electron chi connectivity index (χ2n) is 9.58. The van der Waals surface area contributed by atoms with Crippen LogP contribution < -0.4 is 16.4 Å². The molecule has 7 unspecified atom stereocenters. The lowest BCUT2D eigenvalue weighted by molar-refractivity contribution is -0.194. The molecule has 0 spiro atoms. The number of methoxy groups -OCH3 is 1. The van der Waals surface area contributed by atoms with Crippen LogP contribution in [0.5, 0.6) is 0 Å². The fraction of sp³-hybridized carbons (Fsp3) is 0.750. The molecule has 5 N–H and O–H groups in total. The first-order valence-electron chi connectivity index (χ1n) is 12.3. The van der Waals surface area contributed by atoms with Crippen LogP contribution in [0.25, 0.3) is 0 Å². The molecule has 0 aromatic rings. The fourth-order valence-corrected chi connectivity index (χ4v) is 5.41. The van der Waals surface area contributed by atoms with Crippen molar-refractivity contribution < 1.29 is 33.8 Å². The number of hydrogen-bond donors (Lipinski definition) is 4. The van der Waals surface area contributed by atoms with Gasteiger partial charge in [-0.25, -0.2) is 0 Å². The van der Waals surface area contributed by atoms with Crippen molar-refractivity contribution in [3.8, 4) is 0 Å². The molecule has 196 valence electrons. The van der Waals surface area contributed by atoms with Crippen molar-refractivity contribution in [2.75, 3.05) is 27.2 Å². The highest BCUT2D eigenvalue weighted by Gasteiger charge is 2.53. The zero-order chi connectivity index (χ0) is 25.9. The minimum absolute atomic E-state index is 0.117. The van der Waals surface area contributed by atoms with Gasteiger partial charge in [0.15, 0.2) is 6.10 Å². The molecule has 1 aliphatic carbocycles. The lowest BCUT2D eigenvalue weighted by atomic mass is 9.72. The summed E-state index contributed by atoms with van der Waals surface area (Å²) in [5, 5.41) is 15.9. The Kier molecular flexibility index (Phi) is 9.03. The smallest absolute Gasteiger partial charge is 0.252 e. The number of aliphatic hydroxyl groups is 1. The zero-order valence-corrected chi connectivity index (χ0v) is 20.8. The van der Waals surface area contributed by atoms with E-state index in [4.69, 9.17) is 15.2 Å². The van der Waals surface area contributed by atoms with E-state index in [1.165, 1.54) is 12.0 Å². The number of imide groups is 1. The Morgan fingerprint density at radius 1 is 1.23 bits per heavy atom. The topological polar surface area (TPSA) is 160 Å². The molecule has 2 aliphatic heterocycles. The predicted octanol–water partition coefficient (Wildman–Crippen LogP) is -1.07. The van der Waals surface area contributed by atoms with Crippen LogP contribution in [0, 0.1) is 23.7 Å². The number of aliphatic hydroxyl groups excluding tert-OH is 1. The van der Waals surface area contributed by atoms with Gasteiger partial charge in [0, 0.05) is 39.6 Å². The molecule has 9 atom stereocenters. The minimum Gasteiger partial charge on any atom is -0.389 e. The minimum atomic E-state index is -1.06. The highest BCUT2D eigenvalue weighted by molar-refractivity contribution is 6.05. The number of ether oxygens (including phenoxy) is 2. The standard InChI is InChI=1S/C24H38N4O7/c1-5-14-18(25)19(30)20(34-4)21(35-14)22(31)27-11-13-9-8-12(2)16-17(13)24(33)28(23(16)32)10-6-7-15(29)26-3/h8-9,12-14,16-21,30H,5-7,10-11,25H2,1-4H3,(H,26,29)(H,27,31)/t12?,13?,14-,16?,17?,18?,19+,20?,21?/m0/s1. The number of fused-ring (bicyclic) bond motifs is 1. The number of hydrogen-bond acceptors (Lipinski definition) is 8. The van der Waals surface area contributed by atoms with E-state index in [1.54, 1.807) is 7.05 Å². The van der Waals surface area contributed by atoms with E-state index in [9.17, 15) is 24.3 Å².